The zero-order chi connectivity index (χ0) is 12.8. The number of H-pyrrole nitrogens is 1. The van der Waals surface area contributed by atoms with Crippen LogP contribution in [0.25, 0.3) is 11.4 Å². The Morgan fingerprint density at radius 3 is 2.78 bits per heavy atom. The van der Waals surface area contributed by atoms with Crippen LogP contribution in [0.5, 0.6) is 0 Å². The second kappa shape index (κ2) is 6.28. The lowest BCUT2D eigenvalue weighted by atomic mass is 9.98. The molecule has 0 saturated heterocycles. The summed E-state index contributed by atoms with van der Waals surface area (Å²) in [6, 6.07) is 6.48. The minimum Gasteiger partial charge on any atom is -0.177 e. The summed E-state index contributed by atoms with van der Waals surface area (Å²) in [4.78, 5) is 0. The van der Waals surface area contributed by atoms with Crippen molar-refractivity contribution in [2.75, 3.05) is 0 Å². The van der Waals surface area contributed by atoms with E-state index in [0.29, 0.717) is 5.82 Å². The molecule has 2 aromatic rings. The van der Waals surface area contributed by atoms with Crippen molar-refractivity contribution in [3.63, 3.8) is 0 Å². The number of tetrazole rings is 1. The van der Waals surface area contributed by atoms with E-state index in [4.69, 9.17) is 0 Å². The first kappa shape index (κ1) is 12.7. The van der Waals surface area contributed by atoms with E-state index in [1.807, 2.05) is 0 Å². The number of nitrogens with zero attached hydrogens (tertiary/aromatic N) is 3. The Kier molecular flexibility index (Phi) is 4.45. The van der Waals surface area contributed by atoms with Gasteiger partial charge < -0.3 is 0 Å². The normalized spacial score (nSPS) is 10.8. The van der Waals surface area contributed by atoms with Crippen molar-refractivity contribution in [2.24, 2.45) is 0 Å². The highest BCUT2D eigenvalue weighted by Gasteiger charge is 2.09. The lowest BCUT2D eigenvalue weighted by Gasteiger charge is -2.07. The van der Waals surface area contributed by atoms with Crippen LogP contribution in [0.4, 0.5) is 0 Å². The Morgan fingerprint density at radius 1 is 1.17 bits per heavy atom. The summed E-state index contributed by atoms with van der Waals surface area (Å²) in [6.07, 6.45) is 6.18. The number of aromatic amines is 1. The molecule has 0 aliphatic rings. The third-order valence-corrected chi connectivity index (χ3v) is 3.15. The Labute approximate surface area is 108 Å². The number of aromatic nitrogens is 4. The van der Waals surface area contributed by atoms with E-state index in [1.165, 1.54) is 36.8 Å². The van der Waals surface area contributed by atoms with Crippen LogP contribution in [0.3, 0.4) is 0 Å². The summed E-state index contributed by atoms with van der Waals surface area (Å²) in [5.74, 6) is 0.698. The second-order valence-corrected chi connectivity index (χ2v) is 4.71. The third kappa shape index (κ3) is 3.15. The lowest BCUT2D eigenvalue weighted by Crippen LogP contribution is -1.93. The molecule has 0 aliphatic heterocycles. The van der Waals surface area contributed by atoms with Gasteiger partial charge in [-0.3, -0.25) is 0 Å². The van der Waals surface area contributed by atoms with Gasteiger partial charge >= 0.3 is 0 Å². The third-order valence-electron chi connectivity index (χ3n) is 3.15. The van der Waals surface area contributed by atoms with Crippen molar-refractivity contribution in [2.45, 2.75) is 46.0 Å². The Balaban J connectivity index is 2.14. The van der Waals surface area contributed by atoms with Crippen LogP contribution < -0.4 is 0 Å². The van der Waals surface area contributed by atoms with Crippen LogP contribution in [0.1, 0.15) is 43.7 Å². The quantitative estimate of drug-likeness (QED) is 0.793. The number of benzene rings is 1. The van der Waals surface area contributed by atoms with Crippen molar-refractivity contribution in [1.82, 2.24) is 20.6 Å². The monoisotopic (exact) mass is 244 g/mol. The fourth-order valence-electron chi connectivity index (χ4n) is 2.13. The van der Waals surface area contributed by atoms with Crippen LogP contribution in [-0.4, -0.2) is 20.6 Å². The highest BCUT2D eigenvalue weighted by Crippen LogP contribution is 2.23. The van der Waals surface area contributed by atoms with Gasteiger partial charge in [0.25, 0.3) is 0 Å². The van der Waals surface area contributed by atoms with Gasteiger partial charge in [-0.25, -0.2) is 0 Å². The largest absolute Gasteiger partial charge is 0.204 e. The highest BCUT2D eigenvalue weighted by atomic mass is 15.5. The minimum absolute atomic E-state index is 0.698. The molecule has 0 radical (unpaired) electrons. The zero-order valence-electron chi connectivity index (χ0n) is 11.1. The molecule has 4 heteroatoms. The van der Waals surface area contributed by atoms with Gasteiger partial charge in [-0.15, -0.1) is 10.2 Å². The molecule has 1 aromatic heterocycles. The molecule has 0 atom stereocenters. The van der Waals surface area contributed by atoms with Crippen LogP contribution in [0.15, 0.2) is 18.2 Å². The summed E-state index contributed by atoms with van der Waals surface area (Å²) in [7, 11) is 0. The summed E-state index contributed by atoms with van der Waals surface area (Å²) < 4.78 is 0. The van der Waals surface area contributed by atoms with Crippen molar-refractivity contribution < 1.29 is 0 Å². The molecule has 0 amide bonds. The zero-order valence-corrected chi connectivity index (χ0v) is 11.1. The van der Waals surface area contributed by atoms with E-state index in [1.54, 1.807) is 0 Å². The number of aryl methyl sites for hydroxylation is 2. The average molecular weight is 244 g/mol. The molecular formula is C14H20N4. The van der Waals surface area contributed by atoms with Gasteiger partial charge in [0.05, 0.1) is 0 Å². The molecule has 0 fully saturated rings. The molecule has 0 aliphatic carbocycles. The summed E-state index contributed by atoms with van der Waals surface area (Å²) >= 11 is 0. The number of hydrogen-bond donors (Lipinski definition) is 1. The van der Waals surface area contributed by atoms with Crippen LogP contribution in [-0.2, 0) is 6.42 Å². The molecule has 4 nitrogen and oxygen atoms in total. The van der Waals surface area contributed by atoms with Crippen molar-refractivity contribution in [3.8, 4) is 11.4 Å². The number of nitrogens with one attached hydrogen (secondary N) is 1. The van der Waals surface area contributed by atoms with Crippen LogP contribution >= 0.6 is 0 Å². The predicted octanol–water partition coefficient (Wildman–Crippen LogP) is 3.30. The molecule has 0 bridgehead atoms. The SMILES string of the molecule is CCCCCCc1ccc(C)cc1-c1nn[nH]n1. The first-order chi connectivity index (χ1) is 8.81. The second-order valence-electron chi connectivity index (χ2n) is 4.71. The summed E-state index contributed by atoms with van der Waals surface area (Å²) in [5, 5.41) is 14.3. The van der Waals surface area contributed by atoms with E-state index in [0.717, 1.165) is 12.0 Å². The maximum atomic E-state index is 4.09. The molecular weight excluding hydrogens is 224 g/mol. The van der Waals surface area contributed by atoms with Gasteiger partial charge in [0, 0.05) is 5.56 Å². The maximum Gasteiger partial charge on any atom is 0.204 e. The van der Waals surface area contributed by atoms with Crippen molar-refractivity contribution in [1.29, 1.82) is 0 Å². The molecule has 0 spiro atoms. The molecule has 1 N–H and O–H groups in total. The Morgan fingerprint density at radius 2 is 2.06 bits per heavy atom. The van der Waals surface area contributed by atoms with Gasteiger partial charge in [-0.1, -0.05) is 43.9 Å². The molecule has 0 saturated carbocycles. The minimum atomic E-state index is 0.698. The van der Waals surface area contributed by atoms with E-state index < -0.39 is 0 Å². The van der Waals surface area contributed by atoms with Gasteiger partial charge in [-0.05, 0) is 36.6 Å². The Hall–Kier alpha value is -1.71. The lowest BCUT2D eigenvalue weighted by molar-refractivity contribution is 0.667. The molecule has 18 heavy (non-hydrogen) atoms. The first-order valence-corrected chi connectivity index (χ1v) is 6.64. The average Bonchev–Trinajstić information content (AvgIpc) is 2.90. The molecule has 1 heterocycles. The van der Waals surface area contributed by atoms with Crippen molar-refractivity contribution >= 4 is 0 Å². The molecule has 96 valence electrons. The van der Waals surface area contributed by atoms with Gasteiger partial charge in [-0.2, -0.15) is 5.21 Å². The number of rotatable bonds is 6. The highest BCUT2D eigenvalue weighted by molar-refractivity contribution is 5.60. The maximum absolute atomic E-state index is 4.09. The first-order valence-electron chi connectivity index (χ1n) is 6.64. The summed E-state index contributed by atoms with van der Waals surface area (Å²) in [5.41, 5.74) is 3.66. The number of unbranched alkanes of at least 4 members (excludes halogenated alkanes) is 3. The predicted molar refractivity (Wildman–Crippen MR) is 72.2 cm³/mol. The standard InChI is InChI=1S/C14H20N4/c1-3-4-5-6-7-12-9-8-11(2)10-13(12)14-15-17-18-16-14/h8-10H,3-7H2,1-2H3,(H,15,16,17,18). The van der Waals surface area contributed by atoms with Gasteiger partial charge in [0.1, 0.15) is 0 Å². The number of hydrogen-bond acceptors (Lipinski definition) is 3. The summed E-state index contributed by atoms with van der Waals surface area (Å²) in [6.45, 7) is 4.32. The topological polar surface area (TPSA) is 54.5 Å². The van der Waals surface area contributed by atoms with E-state index in [2.05, 4.69) is 52.7 Å². The van der Waals surface area contributed by atoms with Crippen LogP contribution in [0, 0.1) is 6.92 Å². The Bertz CT molecular complexity index is 477. The van der Waals surface area contributed by atoms with Gasteiger partial charge in [0.15, 0.2) is 0 Å². The van der Waals surface area contributed by atoms with E-state index in [-0.39, 0.29) is 0 Å². The molecule has 0 unspecified atom stereocenters. The smallest absolute Gasteiger partial charge is 0.177 e. The molecule has 2 rings (SSSR count). The van der Waals surface area contributed by atoms with Gasteiger partial charge in [0.2, 0.25) is 5.82 Å². The van der Waals surface area contributed by atoms with E-state index in [9.17, 15) is 0 Å². The molecule has 1 aromatic carbocycles. The van der Waals surface area contributed by atoms with Crippen molar-refractivity contribution in [3.05, 3.63) is 29.3 Å². The van der Waals surface area contributed by atoms with E-state index >= 15 is 0 Å². The van der Waals surface area contributed by atoms with Crippen LogP contribution in [0.2, 0.25) is 0 Å². The fraction of sp³-hybridized carbons (Fsp3) is 0.500. The fourth-order valence-corrected chi connectivity index (χ4v) is 2.13.